The molecule has 0 aliphatic heterocycles. The van der Waals surface area contributed by atoms with E-state index >= 15 is 0 Å². The second kappa shape index (κ2) is 3.90. The van der Waals surface area contributed by atoms with Crippen LogP contribution in [-0.4, -0.2) is 25.5 Å². The molecule has 0 radical (unpaired) electrons. The van der Waals surface area contributed by atoms with Gasteiger partial charge in [-0.25, -0.2) is 0 Å². The molecule has 6 heteroatoms. The third-order valence-corrected chi connectivity index (χ3v) is 2.32. The zero-order valence-corrected chi connectivity index (χ0v) is 9.47. The van der Waals surface area contributed by atoms with Gasteiger partial charge < -0.3 is 4.57 Å². The van der Waals surface area contributed by atoms with E-state index in [1.165, 1.54) is 12.5 Å². The maximum atomic E-state index is 11.9. The van der Waals surface area contributed by atoms with Crippen molar-refractivity contribution >= 4 is 21.7 Å². The number of pyridine rings is 1. The Bertz CT molecular complexity index is 508. The Kier molecular flexibility index (Phi) is 2.59. The zero-order chi connectivity index (χ0) is 10.8. The fourth-order valence-corrected chi connectivity index (χ4v) is 1.52. The number of carbonyl (C=O) groups excluding carboxylic acids is 1. The Morgan fingerprint density at radius 1 is 1.47 bits per heavy atom. The lowest BCUT2D eigenvalue weighted by molar-refractivity contribution is 0.102. The molecule has 0 unspecified atom stereocenters. The van der Waals surface area contributed by atoms with Crippen LogP contribution in [0.3, 0.4) is 0 Å². The number of hydrogen-bond acceptors (Lipinski definition) is 4. The van der Waals surface area contributed by atoms with Gasteiger partial charge in [-0.15, -0.1) is 10.2 Å². The molecule has 0 bridgehead atoms. The minimum absolute atomic E-state index is 0.191. The van der Waals surface area contributed by atoms with Gasteiger partial charge in [-0.1, -0.05) is 0 Å². The van der Waals surface area contributed by atoms with E-state index in [0.29, 0.717) is 11.4 Å². The lowest BCUT2D eigenvalue weighted by Gasteiger charge is -1.99. The first-order valence-electron chi connectivity index (χ1n) is 4.18. The predicted octanol–water partition coefficient (Wildman–Crippen LogP) is 1.20. The van der Waals surface area contributed by atoms with Crippen molar-refractivity contribution in [2.24, 2.45) is 7.05 Å². The third kappa shape index (κ3) is 1.94. The smallest absolute Gasteiger partial charge is 0.231 e. The summed E-state index contributed by atoms with van der Waals surface area (Å²) < 4.78 is 2.33. The third-order valence-electron chi connectivity index (χ3n) is 1.88. The SMILES string of the molecule is Cn1cnnc1C(=O)c1cncc(Br)c1. The average molecular weight is 267 g/mol. The van der Waals surface area contributed by atoms with Crippen LogP contribution in [0.2, 0.25) is 0 Å². The summed E-state index contributed by atoms with van der Waals surface area (Å²) in [7, 11) is 1.72. The van der Waals surface area contributed by atoms with Gasteiger partial charge in [0.15, 0.2) is 0 Å². The summed E-state index contributed by atoms with van der Waals surface area (Å²) in [5, 5.41) is 7.39. The van der Waals surface area contributed by atoms with E-state index in [4.69, 9.17) is 0 Å². The zero-order valence-electron chi connectivity index (χ0n) is 7.88. The van der Waals surface area contributed by atoms with Crippen molar-refractivity contribution in [3.63, 3.8) is 0 Å². The number of nitrogens with zero attached hydrogens (tertiary/aromatic N) is 4. The van der Waals surface area contributed by atoms with Gasteiger partial charge in [0.25, 0.3) is 0 Å². The summed E-state index contributed by atoms with van der Waals surface area (Å²) in [4.78, 5) is 15.8. The van der Waals surface area contributed by atoms with Gasteiger partial charge in [0.05, 0.1) is 0 Å². The number of rotatable bonds is 2. The van der Waals surface area contributed by atoms with E-state index in [1.807, 2.05) is 0 Å². The highest BCUT2D eigenvalue weighted by Gasteiger charge is 2.14. The first-order chi connectivity index (χ1) is 7.18. The molecule has 0 fully saturated rings. The monoisotopic (exact) mass is 266 g/mol. The molecule has 5 nitrogen and oxygen atoms in total. The predicted molar refractivity (Wildman–Crippen MR) is 56.4 cm³/mol. The molecule has 0 N–H and O–H groups in total. The lowest BCUT2D eigenvalue weighted by atomic mass is 10.2. The fraction of sp³-hybridized carbons (Fsp3) is 0.111. The van der Waals surface area contributed by atoms with E-state index in [0.717, 1.165) is 4.47 Å². The van der Waals surface area contributed by atoms with Crippen LogP contribution in [0.15, 0.2) is 29.3 Å². The molecule has 0 saturated carbocycles. The van der Waals surface area contributed by atoms with Crippen LogP contribution < -0.4 is 0 Å². The van der Waals surface area contributed by atoms with E-state index < -0.39 is 0 Å². The molecule has 76 valence electrons. The van der Waals surface area contributed by atoms with E-state index in [9.17, 15) is 4.79 Å². The van der Waals surface area contributed by atoms with Gasteiger partial charge in [0.1, 0.15) is 6.33 Å². The number of ketones is 1. The molecule has 0 amide bonds. The molecule has 15 heavy (non-hydrogen) atoms. The van der Waals surface area contributed by atoms with Gasteiger partial charge in [0, 0.05) is 29.5 Å². The molecule has 2 rings (SSSR count). The number of hydrogen-bond donors (Lipinski definition) is 0. The summed E-state index contributed by atoms with van der Waals surface area (Å²) in [6.45, 7) is 0. The maximum absolute atomic E-state index is 11.9. The van der Waals surface area contributed by atoms with Crippen LogP contribution in [0.4, 0.5) is 0 Å². The molecular weight excluding hydrogens is 260 g/mol. The number of halogens is 1. The maximum Gasteiger partial charge on any atom is 0.231 e. The van der Waals surface area contributed by atoms with Crippen molar-refractivity contribution in [1.29, 1.82) is 0 Å². The van der Waals surface area contributed by atoms with Crippen LogP contribution in [0.1, 0.15) is 16.2 Å². The molecule has 0 atom stereocenters. The van der Waals surface area contributed by atoms with Crippen molar-refractivity contribution in [1.82, 2.24) is 19.7 Å². The second-order valence-corrected chi connectivity index (χ2v) is 3.90. The van der Waals surface area contributed by atoms with Crippen LogP contribution in [0.25, 0.3) is 0 Å². The average Bonchev–Trinajstić information content (AvgIpc) is 2.63. The van der Waals surface area contributed by atoms with Crippen LogP contribution >= 0.6 is 15.9 Å². The summed E-state index contributed by atoms with van der Waals surface area (Å²) in [5.74, 6) is 0.110. The minimum Gasteiger partial charge on any atom is -0.314 e. The summed E-state index contributed by atoms with van der Waals surface area (Å²) in [6.07, 6.45) is 4.61. The minimum atomic E-state index is -0.191. The normalized spacial score (nSPS) is 10.3. The highest BCUT2D eigenvalue weighted by Crippen LogP contribution is 2.12. The lowest BCUT2D eigenvalue weighted by Crippen LogP contribution is -2.08. The van der Waals surface area contributed by atoms with E-state index in [2.05, 4.69) is 31.1 Å². The van der Waals surface area contributed by atoms with Gasteiger partial charge >= 0.3 is 0 Å². The Morgan fingerprint density at radius 2 is 2.27 bits per heavy atom. The largest absolute Gasteiger partial charge is 0.314 e. The fourth-order valence-electron chi connectivity index (χ4n) is 1.15. The molecule has 2 heterocycles. The topological polar surface area (TPSA) is 60.7 Å². The number of carbonyl (C=O) groups is 1. The number of aromatic nitrogens is 4. The van der Waals surface area contributed by atoms with Crippen LogP contribution in [0, 0.1) is 0 Å². The van der Waals surface area contributed by atoms with Crippen LogP contribution in [-0.2, 0) is 7.05 Å². The highest BCUT2D eigenvalue weighted by molar-refractivity contribution is 9.10. The molecule has 0 aliphatic rings. The van der Waals surface area contributed by atoms with Crippen molar-refractivity contribution in [3.8, 4) is 0 Å². The van der Waals surface area contributed by atoms with Gasteiger partial charge in [-0.3, -0.25) is 9.78 Å². The standard InChI is InChI=1S/C9H7BrN4O/c1-14-5-12-13-9(14)8(15)6-2-7(10)4-11-3-6/h2-5H,1H3. The molecule has 0 aliphatic carbocycles. The molecule has 2 aromatic heterocycles. The quantitative estimate of drug-likeness (QED) is 0.767. The highest BCUT2D eigenvalue weighted by atomic mass is 79.9. The first kappa shape index (κ1) is 9.97. The van der Waals surface area contributed by atoms with Crippen molar-refractivity contribution in [3.05, 3.63) is 40.6 Å². The van der Waals surface area contributed by atoms with Crippen molar-refractivity contribution in [2.45, 2.75) is 0 Å². The van der Waals surface area contributed by atoms with Crippen molar-refractivity contribution < 1.29 is 4.79 Å². The second-order valence-electron chi connectivity index (χ2n) is 2.99. The Balaban J connectivity index is 2.41. The van der Waals surface area contributed by atoms with E-state index in [1.54, 1.807) is 23.9 Å². The first-order valence-corrected chi connectivity index (χ1v) is 4.97. The van der Waals surface area contributed by atoms with Crippen molar-refractivity contribution in [2.75, 3.05) is 0 Å². The van der Waals surface area contributed by atoms with Gasteiger partial charge in [-0.05, 0) is 22.0 Å². The van der Waals surface area contributed by atoms with Gasteiger partial charge in [-0.2, -0.15) is 0 Å². The number of aryl methyl sites for hydroxylation is 1. The van der Waals surface area contributed by atoms with Gasteiger partial charge in [0.2, 0.25) is 11.6 Å². The van der Waals surface area contributed by atoms with Crippen LogP contribution in [0.5, 0.6) is 0 Å². The van der Waals surface area contributed by atoms with E-state index in [-0.39, 0.29) is 5.78 Å². The Labute approximate surface area is 94.3 Å². The Morgan fingerprint density at radius 3 is 2.87 bits per heavy atom. The molecular formula is C9H7BrN4O. The molecule has 0 aromatic carbocycles. The summed E-state index contributed by atoms with van der Waals surface area (Å²) in [5.41, 5.74) is 0.487. The summed E-state index contributed by atoms with van der Waals surface area (Å²) in [6, 6.07) is 1.70. The molecule has 0 saturated heterocycles. The molecule has 2 aromatic rings. The Hall–Kier alpha value is -1.56. The summed E-state index contributed by atoms with van der Waals surface area (Å²) >= 11 is 3.25. The molecule has 0 spiro atoms.